The van der Waals surface area contributed by atoms with Gasteiger partial charge in [-0.2, -0.15) is 0 Å². The number of anilines is 1. The molecule has 0 saturated carbocycles. The molecule has 4 heteroatoms. The highest BCUT2D eigenvalue weighted by Gasteiger charge is 2.16. The number of likely N-dealkylation sites (N-methyl/N-ethyl adjacent to an activating group) is 1. The van der Waals surface area contributed by atoms with Crippen LogP contribution in [0.1, 0.15) is 22.8 Å². The van der Waals surface area contributed by atoms with Crippen molar-refractivity contribution in [3.63, 3.8) is 0 Å². The molecule has 17 heavy (non-hydrogen) atoms. The largest absolute Gasteiger partial charge is 0.398 e. The van der Waals surface area contributed by atoms with Gasteiger partial charge in [0, 0.05) is 31.5 Å². The first-order valence-corrected chi connectivity index (χ1v) is 5.75. The van der Waals surface area contributed by atoms with Gasteiger partial charge in [-0.25, -0.2) is 0 Å². The van der Waals surface area contributed by atoms with Crippen LogP contribution in [0, 0.1) is 6.92 Å². The first kappa shape index (κ1) is 13.5. The van der Waals surface area contributed by atoms with Gasteiger partial charge in [-0.3, -0.25) is 4.79 Å². The van der Waals surface area contributed by atoms with Crippen molar-refractivity contribution in [2.24, 2.45) is 0 Å². The van der Waals surface area contributed by atoms with Crippen LogP contribution in [-0.2, 0) is 4.74 Å². The number of rotatable bonds is 5. The standard InChI is InChI=1S/C13H20N2O2/c1-4-15(8-9-17-3)13(16)11-6-5-7-12(14)10(11)2/h5-7H,4,8-9,14H2,1-3H3. The SMILES string of the molecule is CCN(CCOC)C(=O)c1cccc(N)c1C. The second-order valence-electron chi connectivity index (χ2n) is 3.90. The number of hydrogen-bond donors (Lipinski definition) is 1. The summed E-state index contributed by atoms with van der Waals surface area (Å²) in [5.74, 6) is 0.00866. The minimum absolute atomic E-state index is 0.00866. The summed E-state index contributed by atoms with van der Waals surface area (Å²) in [4.78, 5) is 14.0. The molecule has 1 aromatic rings. The summed E-state index contributed by atoms with van der Waals surface area (Å²) in [6.07, 6.45) is 0. The maximum Gasteiger partial charge on any atom is 0.254 e. The fourth-order valence-corrected chi connectivity index (χ4v) is 1.66. The third-order valence-corrected chi connectivity index (χ3v) is 2.84. The lowest BCUT2D eigenvalue weighted by Gasteiger charge is -2.21. The quantitative estimate of drug-likeness (QED) is 0.791. The van der Waals surface area contributed by atoms with E-state index in [-0.39, 0.29) is 5.91 Å². The van der Waals surface area contributed by atoms with Gasteiger partial charge >= 0.3 is 0 Å². The lowest BCUT2D eigenvalue weighted by Crippen LogP contribution is -2.34. The van der Waals surface area contributed by atoms with E-state index in [1.54, 1.807) is 24.1 Å². The summed E-state index contributed by atoms with van der Waals surface area (Å²) in [7, 11) is 1.63. The van der Waals surface area contributed by atoms with E-state index in [9.17, 15) is 4.79 Å². The Hall–Kier alpha value is -1.55. The molecule has 4 nitrogen and oxygen atoms in total. The van der Waals surface area contributed by atoms with Crippen molar-refractivity contribution in [3.8, 4) is 0 Å². The Labute approximate surface area is 102 Å². The van der Waals surface area contributed by atoms with Crippen LogP contribution in [0.25, 0.3) is 0 Å². The first-order valence-electron chi connectivity index (χ1n) is 5.75. The molecule has 0 aliphatic heterocycles. The van der Waals surface area contributed by atoms with Crippen LogP contribution >= 0.6 is 0 Å². The van der Waals surface area contributed by atoms with E-state index in [4.69, 9.17) is 10.5 Å². The second-order valence-corrected chi connectivity index (χ2v) is 3.90. The van der Waals surface area contributed by atoms with E-state index in [0.29, 0.717) is 30.9 Å². The third kappa shape index (κ3) is 3.20. The zero-order chi connectivity index (χ0) is 12.8. The van der Waals surface area contributed by atoms with Crippen molar-refractivity contribution in [2.45, 2.75) is 13.8 Å². The van der Waals surface area contributed by atoms with E-state index in [1.807, 2.05) is 19.9 Å². The molecule has 1 rings (SSSR count). The van der Waals surface area contributed by atoms with E-state index in [2.05, 4.69) is 0 Å². The summed E-state index contributed by atoms with van der Waals surface area (Å²) in [5.41, 5.74) is 7.97. The molecule has 1 amide bonds. The average molecular weight is 236 g/mol. The topological polar surface area (TPSA) is 55.6 Å². The van der Waals surface area contributed by atoms with Crippen LogP contribution in [0.3, 0.4) is 0 Å². The number of carbonyl (C=O) groups is 1. The van der Waals surface area contributed by atoms with Crippen LogP contribution in [0.15, 0.2) is 18.2 Å². The van der Waals surface area contributed by atoms with Crippen LogP contribution in [0.2, 0.25) is 0 Å². The molecule has 94 valence electrons. The van der Waals surface area contributed by atoms with Crippen molar-refractivity contribution in [3.05, 3.63) is 29.3 Å². The summed E-state index contributed by atoms with van der Waals surface area (Å²) in [6.45, 7) is 5.62. The van der Waals surface area contributed by atoms with Crippen LogP contribution < -0.4 is 5.73 Å². The van der Waals surface area contributed by atoms with Gasteiger partial charge in [0.25, 0.3) is 5.91 Å². The minimum Gasteiger partial charge on any atom is -0.398 e. The average Bonchev–Trinajstić information content (AvgIpc) is 2.33. The van der Waals surface area contributed by atoms with Crippen LogP contribution in [-0.4, -0.2) is 37.6 Å². The zero-order valence-corrected chi connectivity index (χ0v) is 10.7. The molecule has 0 saturated heterocycles. The fraction of sp³-hybridized carbons (Fsp3) is 0.462. The van der Waals surface area contributed by atoms with Crippen molar-refractivity contribution in [1.29, 1.82) is 0 Å². The minimum atomic E-state index is 0.00866. The Kier molecular flexibility index (Phi) is 4.97. The van der Waals surface area contributed by atoms with Crippen LogP contribution in [0.4, 0.5) is 5.69 Å². The first-order chi connectivity index (χ1) is 8.11. The highest BCUT2D eigenvalue weighted by atomic mass is 16.5. The van der Waals surface area contributed by atoms with Crippen molar-refractivity contribution < 1.29 is 9.53 Å². The number of carbonyl (C=O) groups excluding carboxylic acids is 1. The van der Waals surface area contributed by atoms with Gasteiger partial charge in [-0.1, -0.05) is 6.07 Å². The van der Waals surface area contributed by atoms with E-state index in [1.165, 1.54) is 0 Å². The molecule has 0 aliphatic carbocycles. The van der Waals surface area contributed by atoms with Crippen molar-refractivity contribution in [2.75, 3.05) is 32.5 Å². The lowest BCUT2D eigenvalue weighted by atomic mass is 10.1. The Bertz CT molecular complexity index is 391. The number of benzene rings is 1. The van der Waals surface area contributed by atoms with Gasteiger partial charge in [-0.05, 0) is 31.5 Å². The summed E-state index contributed by atoms with van der Waals surface area (Å²) in [6, 6.07) is 5.42. The molecule has 0 aromatic heterocycles. The Balaban J connectivity index is 2.90. The molecule has 0 spiro atoms. The maximum atomic E-state index is 12.3. The van der Waals surface area contributed by atoms with Gasteiger partial charge in [0.1, 0.15) is 0 Å². The molecule has 0 atom stereocenters. The van der Waals surface area contributed by atoms with Gasteiger partial charge < -0.3 is 15.4 Å². The predicted molar refractivity (Wildman–Crippen MR) is 69.0 cm³/mol. The van der Waals surface area contributed by atoms with E-state index >= 15 is 0 Å². The summed E-state index contributed by atoms with van der Waals surface area (Å²) in [5, 5.41) is 0. The molecular formula is C13H20N2O2. The molecule has 0 unspecified atom stereocenters. The molecule has 0 fully saturated rings. The third-order valence-electron chi connectivity index (χ3n) is 2.84. The number of methoxy groups -OCH3 is 1. The van der Waals surface area contributed by atoms with E-state index < -0.39 is 0 Å². The van der Waals surface area contributed by atoms with Crippen LogP contribution in [0.5, 0.6) is 0 Å². The number of nitrogen functional groups attached to an aromatic ring is 1. The highest BCUT2D eigenvalue weighted by Crippen LogP contribution is 2.17. The number of hydrogen-bond acceptors (Lipinski definition) is 3. The number of ether oxygens (including phenoxy) is 1. The Morgan fingerprint density at radius 2 is 2.18 bits per heavy atom. The lowest BCUT2D eigenvalue weighted by molar-refractivity contribution is 0.0706. The normalized spacial score (nSPS) is 10.3. The summed E-state index contributed by atoms with van der Waals surface area (Å²) >= 11 is 0. The smallest absolute Gasteiger partial charge is 0.254 e. The summed E-state index contributed by atoms with van der Waals surface area (Å²) < 4.78 is 5.00. The molecule has 1 aromatic carbocycles. The molecular weight excluding hydrogens is 216 g/mol. The van der Waals surface area contributed by atoms with Gasteiger partial charge in [0.05, 0.1) is 6.61 Å². The maximum absolute atomic E-state index is 12.3. The number of nitrogens with two attached hydrogens (primary N) is 1. The Morgan fingerprint density at radius 1 is 1.47 bits per heavy atom. The second kappa shape index (κ2) is 6.25. The molecule has 0 bridgehead atoms. The van der Waals surface area contributed by atoms with Crippen molar-refractivity contribution in [1.82, 2.24) is 4.90 Å². The van der Waals surface area contributed by atoms with Gasteiger partial charge in [0.15, 0.2) is 0 Å². The molecule has 2 N–H and O–H groups in total. The monoisotopic (exact) mass is 236 g/mol. The number of nitrogens with zero attached hydrogens (tertiary/aromatic N) is 1. The predicted octanol–water partition coefficient (Wildman–Crippen LogP) is 1.69. The van der Waals surface area contributed by atoms with Crippen molar-refractivity contribution >= 4 is 11.6 Å². The molecule has 0 radical (unpaired) electrons. The number of amides is 1. The van der Waals surface area contributed by atoms with E-state index in [0.717, 1.165) is 5.56 Å². The Morgan fingerprint density at radius 3 is 2.76 bits per heavy atom. The molecule has 0 heterocycles. The zero-order valence-electron chi connectivity index (χ0n) is 10.7. The molecule has 0 aliphatic rings. The fourth-order valence-electron chi connectivity index (χ4n) is 1.66. The highest BCUT2D eigenvalue weighted by molar-refractivity contribution is 5.96. The van der Waals surface area contributed by atoms with Gasteiger partial charge in [0.2, 0.25) is 0 Å². The van der Waals surface area contributed by atoms with Gasteiger partial charge in [-0.15, -0.1) is 0 Å².